The van der Waals surface area contributed by atoms with Crippen LogP contribution in [0.2, 0.25) is 10.0 Å². The van der Waals surface area contributed by atoms with Gasteiger partial charge in [0, 0.05) is 33.9 Å². The third-order valence-electron chi connectivity index (χ3n) is 3.49. The normalized spacial score (nSPS) is 15.6. The molecule has 0 bridgehead atoms. The molecule has 3 nitrogen and oxygen atoms in total. The lowest BCUT2D eigenvalue weighted by Crippen LogP contribution is -2.37. The quantitative estimate of drug-likeness (QED) is 0.851. The summed E-state index contributed by atoms with van der Waals surface area (Å²) >= 11 is 12.2. The Morgan fingerprint density at radius 1 is 1.50 bits per heavy atom. The monoisotopic (exact) mass is 310 g/mol. The van der Waals surface area contributed by atoms with Crippen LogP contribution in [0.25, 0.3) is 0 Å². The number of hydrogen-bond acceptors (Lipinski definition) is 2. The van der Waals surface area contributed by atoms with Crippen molar-refractivity contribution < 1.29 is 5.11 Å². The number of nitrogens with zero attached hydrogens (tertiary/aromatic N) is 2. The molecule has 0 aliphatic heterocycles. The van der Waals surface area contributed by atoms with Crippen LogP contribution in [0.3, 0.4) is 0 Å². The van der Waals surface area contributed by atoms with Crippen molar-refractivity contribution in [2.75, 3.05) is 0 Å². The van der Waals surface area contributed by atoms with Crippen molar-refractivity contribution in [3.05, 3.63) is 65.2 Å². The molecule has 2 unspecified atom stereocenters. The summed E-state index contributed by atoms with van der Waals surface area (Å²) in [4.78, 5) is 3.99. The van der Waals surface area contributed by atoms with E-state index in [2.05, 4.69) is 11.6 Å². The average Bonchev–Trinajstić information content (AvgIpc) is 2.90. The van der Waals surface area contributed by atoms with E-state index in [1.54, 1.807) is 43.0 Å². The van der Waals surface area contributed by atoms with Crippen molar-refractivity contribution in [1.29, 1.82) is 0 Å². The molecule has 1 heterocycles. The predicted molar refractivity (Wildman–Crippen MR) is 81.9 cm³/mol. The largest absolute Gasteiger partial charge is 0.383 e. The Kier molecular flexibility index (Phi) is 4.53. The van der Waals surface area contributed by atoms with Gasteiger partial charge in [-0.25, -0.2) is 4.98 Å². The molecule has 0 amide bonds. The number of halogens is 2. The van der Waals surface area contributed by atoms with Gasteiger partial charge < -0.3 is 9.67 Å². The third-order valence-corrected chi connectivity index (χ3v) is 4.03. The maximum absolute atomic E-state index is 11.1. The molecule has 2 atom stereocenters. The van der Waals surface area contributed by atoms with E-state index in [0.717, 1.165) is 0 Å². The maximum atomic E-state index is 11.1. The van der Waals surface area contributed by atoms with E-state index in [4.69, 9.17) is 23.2 Å². The molecule has 2 aromatic rings. The second kappa shape index (κ2) is 6.00. The van der Waals surface area contributed by atoms with Crippen LogP contribution in [0.1, 0.15) is 12.5 Å². The number of hydrogen-bond donors (Lipinski definition) is 1. The molecule has 1 N–H and O–H groups in total. The standard InChI is InChI=1S/C15H16Cl2N2O/c1-3-11(2)15(20,9-19-7-6-18-10-19)13-5-4-12(16)8-14(13)17/h3-8,10-11,20H,1,9H2,2H3. The Bertz CT molecular complexity index is 598. The second-order valence-electron chi connectivity index (χ2n) is 4.81. The number of benzene rings is 1. The topological polar surface area (TPSA) is 38.0 Å². The molecule has 1 aromatic heterocycles. The van der Waals surface area contributed by atoms with Gasteiger partial charge in [0.2, 0.25) is 0 Å². The summed E-state index contributed by atoms with van der Waals surface area (Å²) in [5, 5.41) is 12.1. The van der Waals surface area contributed by atoms with E-state index in [9.17, 15) is 5.11 Å². The molecule has 0 radical (unpaired) electrons. The molecule has 5 heteroatoms. The van der Waals surface area contributed by atoms with Crippen molar-refractivity contribution in [2.45, 2.75) is 19.1 Å². The molecule has 2 rings (SSSR count). The zero-order chi connectivity index (χ0) is 14.8. The zero-order valence-electron chi connectivity index (χ0n) is 11.1. The smallest absolute Gasteiger partial charge is 0.115 e. The van der Waals surface area contributed by atoms with Crippen LogP contribution in [-0.4, -0.2) is 14.7 Å². The van der Waals surface area contributed by atoms with Crippen molar-refractivity contribution in [3.63, 3.8) is 0 Å². The Morgan fingerprint density at radius 3 is 2.80 bits per heavy atom. The summed E-state index contributed by atoms with van der Waals surface area (Å²) in [6.45, 7) is 6.01. The van der Waals surface area contributed by atoms with E-state index in [-0.39, 0.29) is 5.92 Å². The van der Waals surface area contributed by atoms with Crippen LogP contribution in [0.5, 0.6) is 0 Å². The second-order valence-corrected chi connectivity index (χ2v) is 5.65. The van der Waals surface area contributed by atoms with Gasteiger partial charge >= 0.3 is 0 Å². The summed E-state index contributed by atoms with van der Waals surface area (Å²) in [7, 11) is 0. The highest BCUT2D eigenvalue weighted by atomic mass is 35.5. The first kappa shape index (κ1) is 15.1. The van der Waals surface area contributed by atoms with Gasteiger partial charge in [0.05, 0.1) is 12.9 Å². The minimum absolute atomic E-state index is 0.191. The first-order valence-electron chi connectivity index (χ1n) is 6.23. The minimum atomic E-state index is -1.18. The first-order chi connectivity index (χ1) is 9.47. The fourth-order valence-corrected chi connectivity index (χ4v) is 2.74. The molecule has 106 valence electrons. The zero-order valence-corrected chi connectivity index (χ0v) is 12.6. The first-order valence-corrected chi connectivity index (χ1v) is 6.99. The third kappa shape index (κ3) is 2.90. The van der Waals surface area contributed by atoms with Crippen LogP contribution in [0.4, 0.5) is 0 Å². The van der Waals surface area contributed by atoms with Crippen LogP contribution in [0.15, 0.2) is 49.6 Å². The van der Waals surface area contributed by atoms with Gasteiger partial charge in [-0.05, 0) is 12.1 Å². The Morgan fingerprint density at radius 2 is 2.25 bits per heavy atom. The average molecular weight is 311 g/mol. The van der Waals surface area contributed by atoms with Gasteiger partial charge in [-0.15, -0.1) is 6.58 Å². The van der Waals surface area contributed by atoms with Gasteiger partial charge in [-0.3, -0.25) is 0 Å². The van der Waals surface area contributed by atoms with E-state index < -0.39 is 5.60 Å². The maximum Gasteiger partial charge on any atom is 0.115 e. The lowest BCUT2D eigenvalue weighted by molar-refractivity contribution is -0.0160. The van der Waals surface area contributed by atoms with E-state index in [1.807, 2.05) is 11.5 Å². The van der Waals surface area contributed by atoms with E-state index in [0.29, 0.717) is 22.2 Å². The lowest BCUT2D eigenvalue weighted by Gasteiger charge is -2.34. The molecule has 0 aliphatic carbocycles. The molecular formula is C15H16Cl2N2O. The van der Waals surface area contributed by atoms with Crippen LogP contribution < -0.4 is 0 Å². The van der Waals surface area contributed by atoms with Crippen LogP contribution in [-0.2, 0) is 12.1 Å². The molecular weight excluding hydrogens is 295 g/mol. The summed E-state index contributed by atoms with van der Waals surface area (Å²) in [5.41, 5.74) is -0.547. The predicted octanol–water partition coefficient (Wildman–Crippen LogP) is 3.90. The Hall–Kier alpha value is -1.29. The van der Waals surface area contributed by atoms with Gasteiger partial charge in [0.25, 0.3) is 0 Å². The highest BCUT2D eigenvalue weighted by Crippen LogP contribution is 2.37. The van der Waals surface area contributed by atoms with Crippen molar-refractivity contribution >= 4 is 23.2 Å². The van der Waals surface area contributed by atoms with Crippen molar-refractivity contribution in [2.24, 2.45) is 5.92 Å². The molecule has 0 saturated carbocycles. The lowest BCUT2D eigenvalue weighted by atomic mass is 9.82. The Labute approximate surface area is 128 Å². The number of rotatable bonds is 5. The fourth-order valence-electron chi connectivity index (χ4n) is 2.17. The molecule has 0 spiro atoms. The van der Waals surface area contributed by atoms with Crippen LogP contribution in [0, 0.1) is 5.92 Å². The van der Waals surface area contributed by atoms with Gasteiger partial charge in [0.15, 0.2) is 0 Å². The summed E-state index contributed by atoms with van der Waals surface area (Å²) in [5.74, 6) is -0.191. The summed E-state index contributed by atoms with van der Waals surface area (Å²) in [6.07, 6.45) is 6.83. The molecule has 20 heavy (non-hydrogen) atoms. The molecule has 0 aliphatic rings. The highest BCUT2D eigenvalue weighted by Gasteiger charge is 2.36. The van der Waals surface area contributed by atoms with E-state index in [1.165, 1.54) is 0 Å². The highest BCUT2D eigenvalue weighted by molar-refractivity contribution is 6.35. The summed E-state index contributed by atoms with van der Waals surface area (Å²) < 4.78 is 1.81. The Balaban J connectivity index is 2.48. The summed E-state index contributed by atoms with van der Waals surface area (Å²) in [6, 6.07) is 5.10. The van der Waals surface area contributed by atoms with Gasteiger partial charge in [0.1, 0.15) is 5.60 Å². The van der Waals surface area contributed by atoms with Crippen molar-refractivity contribution in [3.8, 4) is 0 Å². The number of imidazole rings is 1. The molecule has 0 saturated heterocycles. The molecule has 1 aromatic carbocycles. The number of aliphatic hydroxyl groups is 1. The molecule has 0 fully saturated rings. The van der Waals surface area contributed by atoms with Crippen molar-refractivity contribution in [1.82, 2.24) is 9.55 Å². The van der Waals surface area contributed by atoms with E-state index >= 15 is 0 Å². The SMILES string of the molecule is C=CC(C)C(O)(Cn1ccnc1)c1ccc(Cl)cc1Cl. The number of aromatic nitrogens is 2. The van der Waals surface area contributed by atoms with Gasteiger partial charge in [-0.1, -0.05) is 42.3 Å². The van der Waals surface area contributed by atoms with Crippen LogP contribution >= 0.6 is 23.2 Å². The minimum Gasteiger partial charge on any atom is -0.383 e. The van der Waals surface area contributed by atoms with Gasteiger partial charge in [-0.2, -0.15) is 0 Å². The fraction of sp³-hybridized carbons (Fsp3) is 0.267.